The first-order valence-corrected chi connectivity index (χ1v) is 7.37. The van der Waals surface area contributed by atoms with E-state index in [2.05, 4.69) is 17.0 Å². The molecule has 2 heterocycles. The van der Waals surface area contributed by atoms with E-state index in [0.29, 0.717) is 19.5 Å². The molecule has 0 radical (unpaired) electrons. The molecule has 0 N–H and O–H groups in total. The van der Waals surface area contributed by atoms with E-state index in [0.717, 1.165) is 18.5 Å². The number of amides is 2. The summed E-state index contributed by atoms with van der Waals surface area (Å²) in [4.78, 5) is 30.0. The molecule has 5 nitrogen and oxygen atoms in total. The molecule has 0 spiro atoms. The lowest BCUT2D eigenvalue weighted by molar-refractivity contribution is -0.136. The van der Waals surface area contributed by atoms with Crippen molar-refractivity contribution in [2.45, 2.75) is 18.5 Å². The fraction of sp³-hybridized carbons (Fsp3) is 0.500. The first-order valence-electron chi connectivity index (χ1n) is 7.37. The first kappa shape index (κ1) is 14.1. The van der Waals surface area contributed by atoms with Crippen molar-refractivity contribution >= 4 is 11.8 Å². The minimum Gasteiger partial charge on any atom is -0.348 e. The summed E-state index contributed by atoms with van der Waals surface area (Å²) in [5, 5.41) is 0. The number of fused-ring (bicyclic) bond motifs is 1. The third-order valence-corrected chi connectivity index (χ3v) is 4.61. The summed E-state index contributed by atoms with van der Waals surface area (Å²) in [7, 11) is 3.54. The summed E-state index contributed by atoms with van der Waals surface area (Å²) >= 11 is 0. The highest BCUT2D eigenvalue weighted by molar-refractivity contribution is 5.82. The number of carbonyl (C=O) groups is 2. The fourth-order valence-corrected chi connectivity index (χ4v) is 3.50. The number of likely N-dealkylation sites (N-methyl/N-ethyl adjacent to an activating group) is 1. The largest absolute Gasteiger partial charge is 0.348 e. The Morgan fingerprint density at radius 1 is 1.24 bits per heavy atom. The highest BCUT2D eigenvalue weighted by Crippen LogP contribution is 2.45. The molecule has 0 saturated carbocycles. The number of nitrogens with zero attached hydrogens (tertiary/aromatic N) is 3. The summed E-state index contributed by atoms with van der Waals surface area (Å²) in [5.41, 5.74) is 0.684. The molecule has 5 heteroatoms. The SMILES string of the molecule is CN(C)C(=O)CN1CCN2C(=O)CCC12c1ccccc1. The van der Waals surface area contributed by atoms with Gasteiger partial charge in [0.25, 0.3) is 0 Å². The molecule has 1 atom stereocenters. The topological polar surface area (TPSA) is 43.9 Å². The molecule has 2 saturated heterocycles. The van der Waals surface area contributed by atoms with Crippen LogP contribution < -0.4 is 0 Å². The van der Waals surface area contributed by atoms with E-state index < -0.39 is 5.66 Å². The van der Waals surface area contributed by atoms with Crippen LogP contribution in [0.4, 0.5) is 0 Å². The quantitative estimate of drug-likeness (QED) is 0.828. The van der Waals surface area contributed by atoms with E-state index >= 15 is 0 Å². The Hall–Kier alpha value is -1.88. The molecular weight excluding hydrogens is 266 g/mol. The lowest BCUT2D eigenvalue weighted by Gasteiger charge is -2.39. The van der Waals surface area contributed by atoms with Gasteiger partial charge in [-0.3, -0.25) is 14.5 Å². The van der Waals surface area contributed by atoms with Crippen LogP contribution in [0.5, 0.6) is 0 Å². The molecule has 1 unspecified atom stereocenters. The van der Waals surface area contributed by atoms with Crippen LogP contribution in [0.2, 0.25) is 0 Å². The van der Waals surface area contributed by atoms with E-state index in [1.54, 1.807) is 19.0 Å². The smallest absolute Gasteiger partial charge is 0.236 e. The second-order valence-electron chi connectivity index (χ2n) is 5.94. The predicted octanol–water partition coefficient (Wildman–Crippen LogP) is 0.866. The maximum Gasteiger partial charge on any atom is 0.236 e. The van der Waals surface area contributed by atoms with E-state index in [1.165, 1.54) is 0 Å². The molecule has 2 fully saturated rings. The lowest BCUT2D eigenvalue weighted by atomic mass is 9.95. The predicted molar refractivity (Wildman–Crippen MR) is 79.3 cm³/mol. The Morgan fingerprint density at radius 3 is 2.62 bits per heavy atom. The van der Waals surface area contributed by atoms with Gasteiger partial charge in [-0.25, -0.2) is 0 Å². The van der Waals surface area contributed by atoms with Crippen LogP contribution >= 0.6 is 0 Å². The molecular formula is C16H21N3O2. The zero-order valence-corrected chi connectivity index (χ0v) is 12.6. The fourth-order valence-electron chi connectivity index (χ4n) is 3.50. The molecule has 0 aromatic heterocycles. The highest BCUT2D eigenvalue weighted by atomic mass is 16.2. The van der Waals surface area contributed by atoms with Crippen LogP contribution in [0.25, 0.3) is 0 Å². The standard InChI is InChI=1S/C16H21N3O2/c1-17(2)15(21)12-18-10-11-19-14(20)8-9-16(18,19)13-6-4-3-5-7-13/h3-7H,8-12H2,1-2H3. The minimum atomic E-state index is -0.427. The van der Waals surface area contributed by atoms with Crippen LogP contribution in [-0.4, -0.2) is 60.2 Å². The zero-order valence-electron chi connectivity index (χ0n) is 12.6. The molecule has 21 heavy (non-hydrogen) atoms. The summed E-state index contributed by atoms with van der Waals surface area (Å²) in [5.74, 6) is 0.269. The van der Waals surface area contributed by atoms with E-state index in [1.807, 2.05) is 23.1 Å². The molecule has 112 valence electrons. The number of hydrogen-bond donors (Lipinski definition) is 0. The van der Waals surface area contributed by atoms with Gasteiger partial charge in [-0.2, -0.15) is 0 Å². The van der Waals surface area contributed by atoms with E-state index in [9.17, 15) is 9.59 Å². The maximum absolute atomic E-state index is 12.2. The van der Waals surface area contributed by atoms with Crippen molar-refractivity contribution < 1.29 is 9.59 Å². The zero-order chi connectivity index (χ0) is 15.0. The monoisotopic (exact) mass is 287 g/mol. The molecule has 0 aliphatic carbocycles. The summed E-state index contributed by atoms with van der Waals surface area (Å²) in [6, 6.07) is 10.1. The van der Waals surface area contributed by atoms with Crippen molar-refractivity contribution in [3.63, 3.8) is 0 Å². The van der Waals surface area contributed by atoms with Crippen LogP contribution in [0, 0.1) is 0 Å². The van der Waals surface area contributed by atoms with Crippen LogP contribution in [0.15, 0.2) is 30.3 Å². The number of benzene rings is 1. The highest BCUT2D eigenvalue weighted by Gasteiger charge is 2.54. The Kier molecular flexibility index (Phi) is 3.45. The van der Waals surface area contributed by atoms with Crippen molar-refractivity contribution in [3.05, 3.63) is 35.9 Å². The number of rotatable bonds is 3. The third kappa shape index (κ3) is 2.12. The van der Waals surface area contributed by atoms with Crippen LogP contribution in [0.3, 0.4) is 0 Å². The van der Waals surface area contributed by atoms with Gasteiger partial charge in [0, 0.05) is 33.6 Å². The van der Waals surface area contributed by atoms with Gasteiger partial charge < -0.3 is 9.80 Å². The van der Waals surface area contributed by atoms with Gasteiger partial charge in [0.1, 0.15) is 5.66 Å². The van der Waals surface area contributed by atoms with Gasteiger partial charge in [0.15, 0.2) is 0 Å². The molecule has 2 aliphatic heterocycles. The first-order chi connectivity index (χ1) is 10.1. The molecule has 1 aromatic rings. The van der Waals surface area contributed by atoms with Crippen LogP contribution in [0.1, 0.15) is 18.4 Å². The third-order valence-electron chi connectivity index (χ3n) is 4.61. The average Bonchev–Trinajstić information content (AvgIpc) is 3.00. The molecule has 0 bridgehead atoms. The summed E-state index contributed by atoms with van der Waals surface area (Å²) < 4.78 is 0. The Labute approximate surface area is 125 Å². The van der Waals surface area contributed by atoms with Crippen molar-refractivity contribution in [2.24, 2.45) is 0 Å². The number of hydrogen-bond acceptors (Lipinski definition) is 3. The Bertz CT molecular complexity index is 558. The van der Waals surface area contributed by atoms with Crippen LogP contribution in [-0.2, 0) is 15.3 Å². The second kappa shape index (κ2) is 5.15. The maximum atomic E-state index is 12.2. The molecule has 2 amide bonds. The minimum absolute atomic E-state index is 0.0755. The lowest BCUT2D eigenvalue weighted by Crippen LogP contribution is -2.50. The second-order valence-corrected chi connectivity index (χ2v) is 5.94. The van der Waals surface area contributed by atoms with Gasteiger partial charge in [-0.1, -0.05) is 30.3 Å². The van der Waals surface area contributed by atoms with E-state index in [4.69, 9.17) is 0 Å². The molecule has 2 aliphatic rings. The number of carbonyl (C=O) groups excluding carboxylic acids is 2. The van der Waals surface area contributed by atoms with Gasteiger partial charge in [-0.05, 0) is 12.0 Å². The van der Waals surface area contributed by atoms with Gasteiger partial charge in [0.05, 0.1) is 6.54 Å². The van der Waals surface area contributed by atoms with Gasteiger partial charge in [0.2, 0.25) is 11.8 Å². The van der Waals surface area contributed by atoms with Gasteiger partial charge >= 0.3 is 0 Å². The van der Waals surface area contributed by atoms with Crippen molar-refractivity contribution in [2.75, 3.05) is 33.7 Å². The average molecular weight is 287 g/mol. The van der Waals surface area contributed by atoms with Gasteiger partial charge in [-0.15, -0.1) is 0 Å². The summed E-state index contributed by atoms with van der Waals surface area (Å²) in [6.07, 6.45) is 1.32. The van der Waals surface area contributed by atoms with Crippen molar-refractivity contribution in [1.29, 1.82) is 0 Å². The Balaban J connectivity index is 1.98. The molecule has 3 rings (SSSR count). The van der Waals surface area contributed by atoms with Crippen molar-refractivity contribution in [1.82, 2.24) is 14.7 Å². The van der Waals surface area contributed by atoms with Crippen molar-refractivity contribution in [3.8, 4) is 0 Å². The molecule has 1 aromatic carbocycles. The van der Waals surface area contributed by atoms with E-state index in [-0.39, 0.29) is 11.8 Å². The Morgan fingerprint density at radius 2 is 1.95 bits per heavy atom. The summed E-state index contributed by atoms with van der Waals surface area (Å²) in [6.45, 7) is 1.81. The normalized spacial score (nSPS) is 25.2.